The molecule has 0 aliphatic rings. The first-order valence-corrected chi connectivity index (χ1v) is 17.5. The Morgan fingerprint density at radius 3 is 2.42 bits per heavy atom. The van der Waals surface area contributed by atoms with Crippen molar-refractivity contribution in [3.63, 3.8) is 0 Å². The lowest BCUT2D eigenvalue weighted by atomic mass is 9.94. The smallest absolute Gasteiger partial charge is 0.269 e. The Balaban J connectivity index is 0.968. The van der Waals surface area contributed by atoms with E-state index in [0.717, 1.165) is 39.0 Å². The molecule has 0 aliphatic carbocycles. The Kier molecular flexibility index (Phi) is 10.2. The monoisotopic (exact) mass is 708 g/mol. The molecule has 3 aromatic heterocycles. The number of nitrogens with one attached hydrogen (secondary N) is 2. The van der Waals surface area contributed by atoms with E-state index < -0.39 is 6.04 Å². The fraction of sp³-hybridized carbons (Fsp3) is 0.171. The van der Waals surface area contributed by atoms with Gasteiger partial charge in [-0.15, -0.1) is 5.10 Å². The second-order valence-corrected chi connectivity index (χ2v) is 13.2. The quantitative estimate of drug-likeness (QED) is 0.128. The lowest BCUT2D eigenvalue weighted by Gasteiger charge is -2.21. The molecule has 4 aromatic carbocycles. The van der Waals surface area contributed by atoms with Gasteiger partial charge in [-0.2, -0.15) is 0 Å². The van der Waals surface area contributed by atoms with Crippen molar-refractivity contribution in [3.8, 4) is 11.1 Å². The number of rotatable bonds is 12. The molecule has 2 amide bonds. The molecule has 7 aromatic rings. The zero-order chi connectivity index (χ0) is 36.0. The molecule has 0 saturated heterocycles. The van der Waals surface area contributed by atoms with Gasteiger partial charge in [0.15, 0.2) is 0 Å². The molecule has 3 heterocycles. The number of nitrogens with zero attached hydrogens (tertiary/aromatic N) is 6. The topological polar surface area (TPSA) is 120 Å². The first-order valence-electron chi connectivity index (χ1n) is 17.1. The highest BCUT2D eigenvalue weighted by molar-refractivity contribution is 6.30. The van der Waals surface area contributed by atoms with Crippen LogP contribution in [0.4, 0.5) is 0 Å². The molecule has 0 aliphatic heterocycles. The van der Waals surface area contributed by atoms with Gasteiger partial charge in [0.25, 0.3) is 11.8 Å². The number of imidazole rings is 1. The zero-order valence-corrected chi connectivity index (χ0v) is 29.6. The van der Waals surface area contributed by atoms with Crippen LogP contribution in [0.15, 0.2) is 122 Å². The molecule has 7 rings (SSSR count). The highest BCUT2D eigenvalue weighted by Gasteiger charge is 2.20. The number of halogens is 1. The SMILES string of the molecule is Cc1cc2ncn(Cc3cn(CCCNC(=O)c4cc(C(=O)NC(c5ccc(Cl)cc5)c5cccc(-c6ccccc6)c5)ccn4)nn3)c2cc1C. The van der Waals surface area contributed by atoms with Crippen molar-refractivity contribution >= 4 is 34.4 Å². The van der Waals surface area contributed by atoms with Gasteiger partial charge >= 0.3 is 0 Å². The van der Waals surface area contributed by atoms with Crippen LogP contribution in [-0.2, 0) is 13.1 Å². The number of carbonyl (C=O) groups excluding carboxylic acids is 2. The molecule has 0 saturated carbocycles. The number of hydrogen-bond acceptors (Lipinski definition) is 6. The maximum atomic E-state index is 13.7. The molecule has 0 bridgehead atoms. The van der Waals surface area contributed by atoms with Crippen LogP contribution in [0.5, 0.6) is 0 Å². The van der Waals surface area contributed by atoms with E-state index in [9.17, 15) is 9.59 Å². The zero-order valence-electron chi connectivity index (χ0n) is 28.8. The highest BCUT2D eigenvalue weighted by Crippen LogP contribution is 2.28. The van der Waals surface area contributed by atoms with Crippen molar-refractivity contribution in [1.82, 2.24) is 40.2 Å². The number of amides is 2. The summed E-state index contributed by atoms with van der Waals surface area (Å²) in [6.07, 6.45) is 5.84. The molecule has 11 heteroatoms. The third-order valence-corrected chi connectivity index (χ3v) is 9.32. The third kappa shape index (κ3) is 7.92. The minimum absolute atomic E-state index is 0.155. The Morgan fingerprint density at radius 2 is 1.60 bits per heavy atom. The number of carbonyl (C=O) groups is 2. The molecule has 0 fully saturated rings. The van der Waals surface area contributed by atoms with E-state index in [1.54, 1.807) is 22.9 Å². The molecule has 52 heavy (non-hydrogen) atoms. The summed E-state index contributed by atoms with van der Waals surface area (Å²) in [7, 11) is 0. The minimum Gasteiger partial charge on any atom is -0.351 e. The van der Waals surface area contributed by atoms with Crippen LogP contribution < -0.4 is 10.6 Å². The van der Waals surface area contributed by atoms with Crippen molar-refractivity contribution in [2.45, 2.75) is 39.4 Å². The molecule has 0 radical (unpaired) electrons. The van der Waals surface area contributed by atoms with Crippen LogP contribution >= 0.6 is 11.6 Å². The summed E-state index contributed by atoms with van der Waals surface area (Å²) in [5.41, 5.74) is 9.63. The third-order valence-electron chi connectivity index (χ3n) is 9.07. The first kappa shape index (κ1) is 34.3. The maximum absolute atomic E-state index is 13.7. The average molecular weight is 709 g/mol. The second-order valence-electron chi connectivity index (χ2n) is 12.8. The van der Waals surface area contributed by atoms with E-state index >= 15 is 0 Å². The number of benzene rings is 4. The molecular weight excluding hydrogens is 672 g/mol. The molecule has 260 valence electrons. The summed E-state index contributed by atoms with van der Waals surface area (Å²) in [5.74, 6) is -0.700. The van der Waals surface area contributed by atoms with Crippen LogP contribution in [0, 0.1) is 13.8 Å². The van der Waals surface area contributed by atoms with Crippen LogP contribution in [0.3, 0.4) is 0 Å². The van der Waals surface area contributed by atoms with Gasteiger partial charge in [-0.1, -0.05) is 77.5 Å². The fourth-order valence-electron chi connectivity index (χ4n) is 6.12. The summed E-state index contributed by atoms with van der Waals surface area (Å²) < 4.78 is 3.84. The van der Waals surface area contributed by atoms with E-state index in [1.165, 1.54) is 23.4 Å². The predicted molar refractivity (Wildman–Crippen MR) is 202 cm³/mol. The first-order chi connectivity index (χ1) is 25.3. The van der Waals surface area contributed by atoms with E-state index in [1.807, 2.05) is 61.1 Å². The molecular formula is C41H37ClN8O2. The number of aromatic nitrogens is 6. The fourth-order valence-corrected chi connectivity index (χ4v) is 6.25. The molecule has 10 nitrogen and oxygen atoms in total. The molecule has 1 unspecified atom stereocenters. The number of aryl methyl sites for hydroxylation is 3. The maximum Gasteiger partial charge on any atom is 0.269 e. The number of fused-ring (bicyclic) bond motifs is 1. The van der Waals surface area contributed by atoms with Crippen molar-refractivity contribution < 1.29 is 9.59 Å². The van der Waals surface area contributed by atoms with Crippen LogP contribution in [0.2, 0.25) is 5.02 Å². The lowest BCUT2D eigenvalue weighted by molar-refractivity contribution is 0.0943. The van der Waals surface area contributed by atoms with Gasteiger partial charge < -0.3 is 15.2 Å². The van der Waals surface area contributed by atoms with Crippen LogP contribution in [0.1, 0.15) is 61.3 Å². The van der Waals surface area contributed by atoms with Crippen molar-refractivity contribution in [1.29, 1.82) is 0 Å². The van der Waals surface area contributed by atoms with Gasteiger partial charge in [0, 0.05) is 29.9 Å². The second kappa shape index (κ2) is 15.4. The summed E-state index contributed by atoms with van der Waals surface area (Å²) in [6.45, 7) is 5.71. The summed E-state index contributed by atoms with van der Waals surface area (Å²) in [6, 6.07) is 32.5. The molecule has 0 spiro atoms. The summed E-state index contributed by atoms with van der Waals surface area (Å²) in [5, 5.41) is 15.3. The van der Waals surface area contributed by atoms with Gasteiger partial charge in [0.1, 0.15) is 11.4 Å². The van der Waals surface area contributed by atoms with Gasteiger partial charge in [0.2, 0.25) is 0 Å². The van der Waals surface area contributed by atoms with Crippen molar-refractivity contribution in [3.05, 3.63) is 166 Å². The molecule has 2 N–H and O–H groups in total. The average Bonchev–Trinajstić information content (AvgIpc) is 3.79. The standard InChI is InChI=1S/C41H37ClN8O2/c1-27-20-36-38(21-28(27)2)49(26-45-36)24-35-25-50(48-47-35)19-7-17-44-41(52)37-23-33(16-18-43-37)40(51)46-39(30-12-14-34(42)15-13-30)32-11-6-10-31(22-32)29-8-4-3-5-9-29/h3-6,8-16,18,20-23,25-26,39H,7,17,19,24H2,1-2H3,(H,44,52)(H,46,51). The van der Waals surface area contributed by atoms with Gasteiger partial charge in [0.05, 0.1) is 36.1 Å². The number of pyridine rings is 1. The Labute approximate surface area is 306 Å². The predicted octanol–water partition coefficient (Wildman–Crippen LogP) is 7.35. The van der Waals surface area contributed by atoms with Gasteiger partial charge in [-0.25, -0.2) is 4.98 Å². The van der Waals surface area contributed by atoms with E-state index in [4.69, 9.17) is 11.6 Å². The molecule has 1 atom stereocenters. The van der Waals surface area contributed by atoms with E-state index in [-0.39, 0.29) is 17.5 Å². The van der Waals surface area contributed by atoms with Gasteiger partial charge in [-0.05, 0) is 96.1 Å². The van der Waals surface area contributed by atoms with E-state index in [0.29, 0.717) is 36.6 Å². The Hall–Kier alpha value is -6.13. The minimum atomic E-state index is -0.469. The van der Waals surface area contributed by atoms with E-state index in [2.05, 4.69) is 79.7 Å². The van der Waals surface area contributed by atoms with Crippen LogP contribution in [0.25, 0.3) is 22.2 Å². The lowest BCUT2D eigenvalue weighted by Crippen LogP contribution is -2.30. The van der Waals surface area contributed by atoms with Crippen molar-refractivity contribution in [2.24, 2.45) is 0 Å². The largest absolute Gasteiger partial charge is 0.351 e. The highest BCUT2D eigenvalue weighted by atomic mass is 35.5. The summed E-state index contributed by atoms with van der Waals surface area (Å²) in [4.78, 5) is 35.5. The normalized spacial score (nSPS) is 11.8. The number of hydrogen-bond donors (Lipinski definition) is 2. The summed E-state index contributed by atoms with van der Waals surface area (Å²) >= 11 is 6.20. The van der Waals surface area contributed by atoms with Gasteiger partial charge in [-0.3, -0.25) is 19.3 Å². The Morgan fingerprint density at radius 1 is 0.808 bits per heavy atom. The van der Waals surface area contributed by atoms with Crippen molar-refractivity contribution in [2.75, 3.05) is 6.54 Å². The Bertz CT molecular complexity index is 2350. The van der Waals surface area contributed by atoms with Crippen LogP contribution in [-0.4, -0.2) is 47.9 Å².